The first-order valence-electron chi connectivity index (χ1n) is 6.75. The lowest BCUT2D eigenvalue weighted by molar-refractivity contribution is 0.628. The Kier molecular flexibility index (Phi) is 4.50. The molecule has 5 heteroatoms. The quantitative estimate of drug-likeness (QED) is 0.905. The van der Waals surface area contributed by atoms with Gasteiger partial charge in [-0.25, -0.2) is 14.4 Å². The molecule has 0 atom stereocenters. The second-order valence-corrected chi connectivity index (χ2v) is 4.47. The Morgan fingerprint density at radius 3 is 2.55 bits per heavy atom. The van der Waals surface area contributed by atoms with Crippen molar-refractivity contribution < 1.29 is 4.39 Å². The van der Waals surface area contributed by atoms with Gasteiger partial charge in [0.25, 0.3) is 0 Å². The number of nitrogens with one attached hydrogen (secondary N) is 1. The normalized spacial score (nSPS) is 10.4. The molecule has 2 aromatic rings. The molecule has 0 amide bonds. The van der Waals surface area contributed by atoms with Gasteiger partial charge in [0.1, 0.15) is 23.3 Å². The van der Waals surface area contributed by atoms with Crippen molar-refractivity contribution in [2.45, 2.75) is 20.8 Å². The second-order valence-electron chi connectivity index (χ2n) is 4.47. The molecule has 1 aromatic heterocycles. The Morgan fingerprint density at radius 2 is 1.90 bits per heavy atom. The molecule has 4 nitrogen and oxygen atoms in total. The summed E-state index contributed by atoms with van der Waals surface area (Å²) >= 11 is 0. The maximum atomic E-state index is 13.2. The summed E-state index contributed by atoms with van der Waals surface area (Å²) in [7, 11) is 0. The zero-order valence-corrected chi connectivity index (χ0v) is 12.0. The number of aryl methyl sites for hydroxylation is 1. The van der Waals surface area contributed by atoms with Crippen LogP contribution in [0.4, 0.5) is 21.7 Å². The van der Waals surface area contributed by atoms with E-state index in [-0.39, 0.29) is 5.82 Å². The Bertz CT molecular complexity index is 582. The van der Waals surface area contributed by atoms with Gasteiger partial charge in [-0.1, -0.05) is 6.07 Å². The predicted octanol–water partition coefficient (Wildman–Crippen LogP) is 3.51. The number of benzene rings is 1. The Morgan fingerprint density at radius 1 is 1.15 bits per heavy atom. The summed E-state index contributed by atoms with van der Waals surface area (Å²) in [5.74, 6) is 1.96. The van der Waals surface area contributed by atoms with E-state index in [1.54, 1.807) is 12.1 Å². The van der Waals surface area contributed by atoms with Crippen molar-refractivity contribution in [3.8, 4) is 0 Å². The fraction of sp³-hybridized carbons (Fsp3) is 0.333. The molecule has 1 aromatic carbocycles. The van der Waals surface area contributed by atoms with Crippen molar-refractivity contribution in [3.63, 3.8) is 0 Å². The summed E-state index contributed by atoms with van der Waals surface area (Å²) in [6.07, 6.45) is 0. The molecule has 1 heterocycles. The largest absolute Gasteiger partial charge is 0.357 e. The molecular weight excluding hydrogens is 255 g/mol. The fourth-order valence-electron chi connectivity index (χ4n) is 2.04. The minimum atomic E-state index is -0.273. The average Bonchev–Trinajstić information content (AvgIpc) is 2.39. The van der Waals surface area contributed by atoms with Gasteiger partial charge in [0.15, 0.2) is 0 Å². The minimum absolute atomic E-state index is 0.273. The standard InChI is InChI=1S/C15H19FN4/c1-4-20(5-2)15-10-14(17-11(3)18-15)19-13-8-6-7-12(16)9-13/h6-10H,4-5H2,1-3H3,(H,17,18,19). The zero-order chi connectivity index (χ0) is 14.5. The van der Waals surface area contributed by atoms with Crippen molar-refractivity contribution in [3.05, 3.63) is 42.0 Å². The monoisotopic (exact) mass is 274 g/mol. The number of hydrogen-bond acceptors (Lipinski definition) is 4. The maximum absolute atomic E-state index is 13.2. The maximum Gasteiger partial charge on any atom is 0.136 e. The molecule has 0 aliphatic rings. The summed E-state index contributed by atoms with van der Waals surface area (Å²) < 4.78 is 13.2. The van der Waals surface area contributed by atoms with E-state index in [9.17, 15) is 4.39 Å². The van der Waals surface area contributed by atoms with Crippen LogP contribution in [0.1, 0.15) is 19.7 Å². The minimum Gasteiger partial charge on any atom is -0.357 e. The van der Waals surface area contributed by atoms with Crippen molar-refractivity contribution >= 4 is 17.3 Å². The van der Waals surface area contributed by atoms with Crippen LogP contribution in [-0.4, -0.2) is 23.1 Å². The number of halogens is 1. The lowest BCUT2D eigenvalue weighted by Gasteiger charge is -2.20. The van der Waals surface area contributed by atoms with Crippen LogP contribution < -0.4 is 10.2 Å². The fourth-order valence-corrected chi connectivity index (χ4v) is 2.04. The first-order chi connectivity index (χ1) is 9.62. The summed E-state index contributed by atoms with van der Waals surface area (Å²) in [5.41, 5.74) is 0.675. The zero-order valence-electron chi connectivity index (χ0n) is 12.0. The topological polar surface area (TPSA) is 41.0 Å². The molecule has 20 heavy (non-hydrogen) atoms. The highest BCUT2D eigenvalue weighted by molar-refractivity contribution is 5.59. The van der Waals surface area contributed by atoms with Crippen LogP contribution in [-0.2, 0) is 0 Å². The van der Waals surface area contributed by atoms with Gasteiger partial charge in [0, 0.05) is 24.8 Å². The number of rotatable bonds is 5. The number of anilines is 3. The first kappa shape index (κ1) is 14.2. The van der Waals surface area contributed by atoms with E-state index in [0.29, 0.717) is 17.3 Å². The molecule has 0 bridgehead atoms. The van der Waals surface area contributed by atoms with Crippen LogP contribution in [0.3, 0.4) is 0 Å². The van der Waals surface area contributed by atoms with Gasteiger partial charge < -0.3 is 10.2 Å². The molecule has 0 saturated heterocycles. The van der Waals surface area contributed by atoms with Gasteiger partial charge in [-0.3, -0.25) is 0 Å². The predicted molar refractivity (Wildman–Crippen MR) is 80.0 cm³/mol. The molecule has 0 unspecified atom stereocenters. The molecule has 1 N–H and O–H groups in total. The summed E-state index contributed by atoms with van der Waals surface area (Å²) in [6.45, 7) is 7.78. The Labute approximate surface area is 118 Å². The van der Waals surface area contributed by atoms with Gasteiger partial charge in [0.2, 0.25) is 0 Å². The molecule has 0 aliphatic carbocycles. The van der Waals surface area contributed by atoms with E-state index >= 15 is 0 Å². The molecule has 0 radical (unpaired) electrons. The lowest BCUT2D eigenvalue weighted by Crippen LogP contribution is -2.23. The molecule has 0 fully saturated rings. The number of hydrogen-bond donors (Lipinski definition) is 1. The smallest absolute Gasteiger partial charge is 0.136 e. The number of nitrogens with zero attached hydrogens (tertiary/aromatic N) is 3. The van der Waals surface area contributed by atoms with Gasteiger partial charge in [-0.05, 0) is 39.0 Å². The average molecular weight is 274 g/mol. The van der Waals surface area contributed by atoms with E-state index in [1.165, 1.54) is 12.1 Å². The molecular formula is C15H19FN4. The van der Waals surface area contributed by atoms with Crippen molar-refractivity contribution in [1.29, 1.82) is 0 Å². The van der Waals surface area contributed by atoms with Gasteiger partial charge in [-0.15, -0.1) is 0 Å². The first-order valence-corrected chi connectivity index (χ1v) is 6.75. The van der Waals surface area contributed by atoms with Crippen LogP contribution in [0.15, 0.2) is 30.3 Å². The lowest BCUT2D eigenvalue weighted by atomic mass is 10.3. The second kappa shape index (κ2) is 6.32. The van der Waals surface area contributed by atoms with E-state index < -0.39 is 0 Å². The molecule has 0 saturated carbocycles. The van der Waals surface area contributed by atoms with Crippen molar-refractivity contribution in [2.24, 2.45) is 0 Å². The Hall–Kier alpha value is -2.17. The third-order valence-corrected chi connectivity index (χ3v) is 3.01. The van der Waals surface area contributed by atoms with Crippen LogP contribution in [0.25, 0.3) is 0 Å². The molecule has 0 spiro atoms. The third kappa shape index (κ3) is 3.44. The van der Waals surface area contributed by atoms with E-state index in [0.717, 1.165) is 18.9 Å². The molecule has 0 aliphatic heterocycles. The van der Waals surface area contributed by atoms with Crippen LogP contribution in [0.5, 0.6) is 0 Å². The Balaban J connectivity index is 2.28. The highest BCUT2D eigenvalue weighted by Gasteiger charge is 2.07. The van der Waals surface area contributed by atoms with E-state index in [1.807, 2.05) is 13.0 Å². The van der Waals surface area contributed by atoms with Crippen LogP contribution in [0.2, 0.25) is 0 Å². The van der Waals surface area contributed by atoms with Crippen molar-refractivity contribution in [2.75, 3.05) is 23.3 Å². The van der Waals surface area contributed by atoms with E-state index in [2.05, 4.69) is 34.0 Å². The third-order valence-electron chi connectivity index (χ3n) is 3.01. The van der Waals surface area contributed by atoms with Gasteiger partial charge in [-0.2, -0.15) is 0 Å². The molecule has 2 rings (SSSR count). The van der Waals surface area contributed by atoms with Gasteiger partial charge >= 0.3 is 0 Å². The highest BCUT2D eigenvalue weighted by Crippen LogP contribution is 2.20. The summed E-state index contributed by atoms with van der Waals surface area (Å²) in [5, 5.41) is 3.11. The highest BCUT2D eigenvalue weighted by atomic mass is 19.1. The van der Waals surface area contributed by atoms with Gasteiger partial charge in [0.05, 0.1) is 0 Å². The van der Waals surface area contributed by atoms with Crippen LogP contribution in [0, 0.1) is 12.7 Å². The van der Waals surface area contributed by atoms with E-state index in [4.69, 9.17) is 0 Å². The molecule has 106 valence electrons. The summed E-state index contributed by atoms with van der Waals surface area (Å²) in [4.78, 5) is 10.9. The summed E-state index contributed by atoms with van der Waals surface area (Å²) in [6, 6.07) is 8.20. The van der Waals surface area contributed by atoms with Crippen LogP contribution >= 0.6 is 0 Å². The SMILES string of the molecule is CCN(CC)c1cc(Nc2cccc(F)c2)nc(C)n1. The number of aromatic nitrogens is 2. The van der Waals surface area contributed by atoms with Crippen molar-refractivity contribution in [1.82, 2.24) is 9.97 Å².